The molecule has 0 saturated carbocycles. The highest BCUT2D eigenvalue weighted by molar-refractivity contribution is 7.92. The molecule has 0 amide bonds. The van der Waals surface area contributed by atoms with Crippen LogP contribution in [0.1, 0.15) is 12.7 Å². The summed E-state index contributed by atoms with van der Waals surface area (Å²) in [5.41, 5.74) is -0.0845. The predicted molar refractivity (Wildman–Crippen MR) is 68.2 cm³/mol. The Bertz CT molecular complexity index is 828. The van der Waals surface area contributed by atoms with E-state index in [0.29, 0.717) is 11.0 Å². The molecule has 0 bridgehead atoms. The van der Waals surface area contributed by atoms with Gasteiger partial charge in [0.1, 0.15) is 11.3 Å². The molecule has 1 aliphatic heterocycles. The van der Waals surface area contributed by atoms with Crippen molar-refractivity contribution in [2.75, 3.05) is 0 Å². The van der Waals surface area contributed by atoms with Crippen molar-refractivity contribution in [1.82, 2.24) is 0 Å². The topological polar surface area (TPSA) is 64.3 Å². The quantitative estimate of drug-likeness (QED) is 0.728. The highest BCUT2D eigenvalue weighted by Crippen LogP contribution is 2.27. The van der Waals surface area contributed by atoms with E-state index in [4.69, 9.17) is 4.42 Å². The van der Waals surface area contributed by atoms with Crippen molar-refractivity contribution in [2.24, 2.45) is 0 Å². The second-order valence-corrected chi connectivity index (χ2v) is 6.47. The van der Waals surface area contributed by atoms with E-state index in [1.165, 1.54) is 6.08 Å². The number of fused-ring (bicyclic) bond motifs is 2. The van der Waals surface area contributed by atoms with Crippen molar-refractivity contribution < 1.29 is 12.8 Å². The Balaban J connectivity index is 2.55. The zero-order chi connectivity index (χ0) is 12.9. The second-order valence-electron chi connectivity index (χ2n) is 4.23. The van der Waals surface area contributed by atoms with Crippen molar-refractivity contribution in [2.45, 2.75) is 17.1 Å². The van der Waals surface area contributed by atoms with Gasteiger partial charge < -0.3 is 4.42 Å². The zero-order valence-corrected chi connectivity index (χ0v) is 10.4. The number of para-hydroxylation sites is 1. The maximum Gasteiger partial charge on any atom is 0.212 e. The van der Waals surface area contributed by atoms with E-state index < -0.39 is 20.5 Å². The first-order chi connectivity index (χ1) is 8.51. The van der Waals surface area contributed by atoms with E-state index in [9.17, 15) is 13.2 Å². The van der Waals surface area contributed by atoms with Gasteiger partial charge in [0.15, 0.2) is 14.7 Å². The van der Waals surface area contributed by atoms with E-state index in [1.807, 2.05) is 0 Å². The highest BCUT2D eigenvalue weighted by Gasteiger charge is 2.32. The van der Waals surface area contributed by atoms with Crippen molar-refractivity contribution >= 4 is 26.9 Å². The summed E-state index contributed by atoms with van der Waals surface area (Å²) >= 11 is 0. The summed E-state index contributed by atoms with van der Waals surface area (Å²) in [5.74, 6) is 0.122. The molecule has 0 N–H and O–H groups in total. The number of rotatable bonds is 0. The van der Waals surface area contributed by atoms with Gasteiger partial charge in [-0.15, -0.1) is 0 Å². The fraction of sp³-hybridized carbons (Fsp3) is 0.154. The number of hydrogen-bond donors (Lipinski definition) is 0. The van der Waals surface area contributed by atoms with Crippen LogP contribution in [0.25, 0.3) is 17.0 Å². The molecule has 5 heteroatoms. The van der Waals surface area contributed by atoms with Crippen molar-refractivity contribution in [3.63, 3.8) is 0 Å². The number of sulfone groups is 1. The van der Waals surface area contributed by atoms with Crippen molar-refractivity contribution in [3.05, 3.63) is 46.3 Å². The molecule has 2 heterocycles. The number of benzene rings is 1. The molecular formula is C13H10O4S. The molecule has 0 fully saturated rings. The Labute approximate surface area is 103 Å². The smallest absolute Gasteiger partial charge is 0.212 e. The van der Waals surface area contributed by atoms with Gasteiger partial charge >= 0.3 is 0 Å². The van der Waals surface area contributed by atoms with E-state index >= 15 is 0 Å². The summed E-state index contributed by atoms with van der Waals surface area (Å²) in [5, 5.41) is -0.406. The van der Waals surface area contributed by atoms with Gasteiger partial charge in [-0.3, -0.25) is 4.79 Å². The van der Waals surface area contributed by atoms with Crippen LogP contribution in [0.4, 0.5) is 0 Å². The Morgan fingerprint density at radius 3 is 2.72 bits per heavy atom. The van der Waals surface area contributed by atoms with Crippen LogP contribution < -0.4 is 5.43 Å². The molecule has 92 valence electrons. The lowest BCUT2D eigenvalue weighted by molar-refractivity contribution is 0.552. The molecule has 0 saturated heterocycles. The van der Waals surface area contributed by atoms with E-state index in [2.05, 4.69) is 0 Å². The molecule has 0 radical (unpaired) electrons. The van der Waals surface area contributed by atoms with E-state index in [0.717, 1.165) is 0 Å². The van der Waals surface area contributed by atoms with Crippen LogP contribution in [0.2, 0.25) is 0 Å². The highest BCUT2D eigenvalue weighted by atomic mass is 32.2. The van der Waals surface area contributed by atoms with Gasteiger partial charge in [-0.05, 0) is 25.1 Å². The van der Waals surface area contributed by atoms with Crippen LogP contribution in [-0.2, 0) is 9.84 Å². The Kier molecular flexibility index (Phi) is 2.22. The minimum Gasteiger partial charge on any atom is -0.455 e. The van der Waals surface area contributed by atoms with Crippen molar-refractivity contribution in [1.29, 1.82) is 0 Å². The van der Waals surface area contributed by atoms with Gasteiger partial charge in [0.2, 0.25) is 5.43 Å². The van der Waals surface area contributed by atoms with Crippen LogP contribution in [0.3, 0.4) is 0 Å². The lowest BCUT2D eigenvalue weighted by atomic mass is 10.2. The normalized spacial score (nSPS) is 20.8. The first-order valence-corrected chi connectivity index (χ1v) is 7.04. The van der Waals surface area contributed by atoms with Gasteiger partial charge in [-0.1, -0.05) is 18.2 Å². The molecular weight excluding hydrogens is 252 g/mol. The summed E-state index contributed by atoms with van der Waals surface area (Å²) in [7, 11) is -3.64. The van der Waals surface area contributed by atoms with Gasteiger partial charge in [-0.2, -0.15) is 0 Å². The largest absolute Gasteiger partial charge is 0.455 e. The first-order valence-electron chi connectivity index (χ1n) is 5.50. The summed E-state index contributed by atoms with van der Waals surface area (Å²) in [4.78, 5) is 12.0. The average Bonchev–Trinajstić information content (AvgIpc) is 2.34. The van der Waals surface area contributed by atoms with Gasteiger partial charge in [0.05, 0.1) is 10.6 Å². The number of hydrogen-bond acceptors (Lipinski definition) is 4. The van der Waals surface area contributed by atoms with E-state index in [-0.39, 0.29) is 10.7 Å². The molecule has 1 atom stereocenters. The molecule has 1 unspecified atom stereocenters. The Morgan fingerprint density at radius 2 is 1.94 bits per heavy atom. The fourth-order valence-corrected chi connectivity index (χ4v) is 3.45. The monoisotopic (exact) mass is 262 g/mol. The predicted octanol–water partition coefficient (Wildman–Crippen LogP) is 1.98. The molecule has 4 nitrogen and oxygen atoms in total. The van der Waals surface area contributed by atoms with Crippen LogP contribution >= 0.6 is 0 Å². The molecule has 18 heavy (non-hydrogen) atoms. The van der Waals surface area contributed by atoms with Crippen LogP contribution in [0.5, 0.6) is 0 Å². The van der Waals surface area contributed by atoms with Gasteiger partial charge in [0, 0.05) is 0 Å². The molecule has 1 aromatic heterocycles. The maximum atomic E-state index is 12.3. The third kappa shape index (κ3) is 1.37. The lowest BCUT2D eigenvalue weighted by Crippen LogP contribution is -2.26. The molecule has 3 rings (SSSR count). The van der Waals surface area contributed by atoms with E-state index in [1.54, 1.807) is 37.3 Å². The van der Waals surface area contributed by atoms with Crippen molar-refractivity contribution in [3.8, 4) is 0 Å². The Hall–Kier alpha value is -1.88. The third-order valence-corrected chi connectivity index (χ3v) is 5.17. The summed E-state index contributed by atoms with van der Waals surface area (Å²) in [6, 6.07) is 6.64. The first kappa shape index (κ1) is 11.2. The maximum absolute atomic E-state index is 12.3. The molecule has 1 aromatic carbocycles. The second kappa shape index (κ2) is 3.55. The molecule has 1 aliphatic rings. The third-order valence-electron chi connectivity index (χ3n) is 3.07. The Morgan fingerprint density at radius 1 is 1.22 bits per heavy atom. The standard InChI is InChI=1S/C13H10O4S/c1-8-6-7-11-13(18(8,15)16)12(14)9-4-2-3-5-10(9)17-11/h2-8H,1H3. The van der Waals surface area contributed by atoms with Crippen LogP contribution in [0.15, 0.2) is 44.4 Å². The summed E-state index contributed by atoms with van der Waals surface area (Å²) in [6.07, 6.45) is 3.07. The summed E-state index contributed by atoms with van der Waals surface area (Å²) in [6.45, 7) is 1.55. The lowest BCUT2D eigenvalue weighted by Gasteiger charge is -2.15. The molecule has 0 spiro atoms. The fourth-order valence-electron chi connectivity index (χ4n) is 2.03. The average molecular weight is 262 g/mol. The SMILES string of the molecule is CC1C=Cc2oc3ccccc3c(=O)c2S1(=O)=O. The van der Waals surface area contributed by atoms with Gasteiger partial charge in [-0.25, -0.2) is 8.42 Å². The molecule has 2 aromatic rings. The van der Waals surface area contributed by atoms with Crippen LogP contribution in [-0.4, -0.2) is 13.7 Å². The minimum atomic E-state index is -3.64. The van der Waals surface area contributed by atoms with Crippen LogP contribution in [0, 0.1) is 0 Å². The zero-order valence-electron chi connectivity index (χ0n) is 9.58. The summed E-state index contributed by atoms with van der Waals surface area (Å²) < 4.78 is 29.8. The minimum absolute atomic E-state index is 0.122. The molecule has 0 aliphatic carbocycles. The van der Waals surface area contributed by atoms with Gasteiger partial charge in [0.25, 0.3) is 0 Å².